The maximum Gasteiger partial charge on any atom is 0.323 e. The van der Waals surface area contributed by atoms with E-state index in [0.717, 1.165) is 19.4 Å². The van der Waals surface area contributed by atoms with Crippen molar-refractivity contribution in [2.45, 2.75) is 25.8 Å². The first-order chi connectivity index (χ1) is 8.90. The van der Waals surface area contributed by atoms with Gasteiger partial charge in [-0.2, -0.15) is 0 Å². The van der Waals surface area contributed by atoms with Crippen molar-refractivity contribution < 1.29 is 14.7 Å². The van der Waals surface area contributed by atoms with Crippen LogP contribution in [0.1, 0.15) is 19.8 Å². The summed E-state index contributed by atoms with van der Waals surface area (Å²) >= 11 is 0. The first-order valence-electron chi connectivity index (χ1n) is 6.78. The van der Waals surface area contributed by atoms with Gasteiger partial charge in [0.25, 0.3) is 0 Å². The molecule has 1 atom stereocenters. The molecule has 0 radical (unpaired) electrons. The molecule has 20 heavy (non-hydrogen) atoms. The van der Waals surface area contributed by atoms with Gasteiger partial charge in [-0.25, -0.2) is 0 Å². The molecule has 1 fully saturated rings. The molecule has 6 nitrogen and oxygen atoms in total. The molecule has 0 spiro atoms. The van der Waals surface area contributed by atoms with Gasteiger partial charge in [-0.3, -0.25) is 14.5 Å². The number of aliphatic carboxylic acids is 1. The molecule has 1 heterocycles. The van der Waals surface area contributed by atoms with Crippen LogP contribution < -0.4 is 0 Å². The predicted molar refractivity (Wildman–Crippen MR) is 80.3 cm³/mol. The molecule has 1 unspecified atom stereocenters. The first kappa shape index (κ1) is 19.1. The number of nitrogens with zero attached hydrogens (tertiary/aromatic N) is 3. The number of amides is 1. The minimum Gasteiger partial charge on any atom is -0.480 e. The minimum atomic E-state index is -0.957. The number of carboxylic acid groups (broad SMARTS) is 1. The zero-order valence-corrected chi connectivity index (χ0v) is 13.4. The third-order valence-electron chi connectivity index (χ3n) is 3.52. The molecule has 1 aliphatic rings. The van der Waals surface area contributed by atoms with Crippen molar-refractivity contribution in [2.24, 2.45) is 0 Å². The van der Waals surface area contributed by atoms with E-state index in [2.05, 4.69) is 11.8 Å². The molecule has 1 N–H and O–H groups in total. The summed E-state index contributed by atoms with van der Waals surface area (Å²) in [6.45, 7) is 4.30. The largest absolute Gasteiger partial charge is 0.480 e. The van der Waals surface area contributed by atoms with Gasteiger partial charge in [0.15, 0.2) is 0 Å². The van der Waals surface area contributed by atoms with Crippen molar-refractivity contribution in [2.75, 3.05) is 46.8 Å². The van der Waals surface area contributed by atoms with Gasteiger partial charge in [-0.15, -0.1) is 12.4 Å². The Labute approximate surface area is 127 Å². The summed E-state index contributed by atoms with van der Waals surface area (Å²) in [5, 5.41) is 8.89. The van der Waals surface area contributed by atoms with Gasteiger partial charge in [-0.05, 0) is 40.4 Å². The van der Waals surface area contributed by atoms with E-state index in [1.165, 1.54) is 4.90 Å². The molecule has 0 aromatic carbocycles. The zero-order chi connectivity index (χ0) is 14.4. The number of carboxylic acids is 1. The summed E-state index contributed by atoms with van der Waals surface area (Å²) in [7, 11) is 3.82. The normalized spacial score (nSPS) is 18.9. The van der Waals surface area contributed by atoms with E-state index in [4.69, 9.17) is 5.11 Å². The highest BCUT2D eigenvalue weighted by Crippen LogP contribution is 2.15. The quantitative estimate of drug-likeness (QED) is 0.736. The van der Waals surface area contributed by atoms with E-state index >= 15 is 0 Å². The summed E-state index contributed by atoms with van der Waals surface area (Å²) in [4.78, 5) is 28.5. The van der Waals surface area contributed by atoms with E-state index in [1.807, 2.05) is 19.0 Å². The molecule has 0 aromatic heterocycles. The van der Waals surface area contributed by atoms with Crippen LogP contribution in [0, 0.1) is 0 Å². The number of carbonyl (C=O) groups excluding carboxylic acids is 1. The Balaban J connectivity index is 0.00000361. The smallest absolute Gasteiger partial charge is 0.323 e. The predicted octanol–water partition coefficient (Wildman–Crippen LogP) is 0.367. The molecular formula is C13H26ClN3O3. The molecule has 7 heteroatoms. The SMILES string of the molecule is CC1CCCN1CC(=O)N(CCN(C)C)CC(=O)O.Cl. The molecule has 1 aliphatic heterocycles. The molecule has 0 aliphatic carbocycles. The molecule has 0 bridgehead atoms. The number of carbonyl (C=O) groups is 2. The van der Waals surface area contributed by atoms with E-state index in [1.54, 1.807) is 0 Å². The average molecular weight is 308 g/mol. The minimum absolute atomic E-state index is 0. The van der Waals surface area contributed by atoms with E-state index < -0.39 is 5.97 Å². The lowest BCUT2D eigenvalue weighted by molar-refractivity contribution is -0.145. The second-order valence-corrected chi connectivity index (χ2v) is 5.47. The summed E-state index contributed by atoms with van der Waals surface area (Å²) in [5.41, 5.74) is 0. The van der Waals surface area contributed by atoms with Crippen molar-refractivity contribution in [1.29, 1.82) is 0 Å². The Morgan fingerprint density at radius 2 is 1.95 bits per heavy atom. The lowest BCUT2D eigenvalue weighted by atomic mass is 10.2. The van der Waals surface area contributed by atoms with Crippen molar-refractivity contribution in [3.05, 3.63) is 0 Å². The van der Waals surface area contributed by atoms with E-state index in [0.29, 0.717) is 25.7 Å². The Morgan fingerprint density at radius 3 is 2.40 bits per heavy atom. The number of hydrogen-bond donors (Lipinski definition) is 1. The van der Waals surface area contributed by atoms with Crippen LogP contribution in [0.25, 0.3) is 0 Å². The van der Waals surface area contributed by atoms with Gasteiger partial charge in [-0.1, -0.05) is 0 Å². The van der Waals surface area contributed by atoms with E-state index in [-0.39, 0.29) is 24.9 Å². The highest BCUT2D eigenvalue weighted by molar-refractivity contribution is 5.85. The zero-order valence-electron chi connectivity index (χ0n) is 12.5. The summed E-state index contributed by atoms with van der Waals surface area (Å²) in [6.07, 6.45) is 2.23. The maximum atomic E-state index is 12.2. The van der Waals surface area contributed by atoms with Crippen LogP contribution in [0.5, 0.6) is 0 Å². The number of likely N-dealkylation sites (tertiary alicyclic amines) is 1. The molecule has 1 rings (SSSR count). The standard InChI is InChI=1S/C13H25N3O3.ClH/c1-11-5-4-6-15(11)9-12(17)16(10-13(18)19)8-7-14(2)3;/h11H,4-10H2,1-3H3,(H,18,19);1H. The second kappa shape index (κ2) is 9.15. The molecule has 0 saturated carbocycles. The molecular weight excluding hydrogens is 282 g/mol. The average Bonchev–Trinajstić information content (AvgIpc) is 2.69. The topological polar surface area (TPSA) is 64.1 Å². The maximum absolute atomic E-state index is 12.2. The fourth-order valence-electron chi connectivity index (χ4n) is 2.28. The van der Waals surface area contributed by atoms with Crippen LogP contribution in [0.4, 0.5) is 0 Å². The van der Waals surface area contributed by atoms with Gasteiger partial charge in [0.2, 0.25) is 5.91 Å². The lowest BCUT2D eigenvalue weighted by Gasteiger charge is -2.27. The highest BCUT2D eigenvalue weighted by Gasteiger charge is 2.25. The number of hydrogen-bond acceptors (Lipinski definition) is 4. The van der Waals surface area contributed by atoms with Crippen molar-refractivity contribution in [3.63, 3.8) is 0 Å². The Morgan fingerprint density at radius 1 is 1.30 bits per heavy atom. The summed E-state index contributed by atoms with van der Waals surface area (Å²) in [6, 6.07) is 0.421. The van der Waals surface area contributed by atoms with Gasteiger partial charge < -0.3 is 14.9 Å². The van der Waals surface area contributed by atoms with Gasteiger partial charge in [0.05, 0.1) is 6.54 Å². The van der Waals surface area contributed by atoms with Gasteiger partial charge in [0, 0.05) is 19.1 Å². The van der Waals surface area contributed by atoms with E-state index in [9.17, 15) is 9.59 Å². The van der Waals surface area contributed by atoms with Crippen molar-refractivity contribution >= 4 is 24.3 Å². The van der Waals surface area contributed by atoms with Crippen LogP contribution in [-0.4, -0.2) is 84.5 Å². The summed E-state index contributed by atoms with van der Waals surface area (Å²) < 4.78 is 0. The molecule has 0 aromatic rings. The van der Waals surface area contributed by atoms with Crippen molar-refractivity contribution in [1.82, 2.24) is 14.7 Å². The van der Waals surface area contributed by atoms with Crippen LogP contribution in [0.2, 0.25) is 0 Å². The van der Waals surface area contributed by atoms with Crippen LogP contribution in [0.15, 0.2) is 0 Å². The highest BCUT2D eigenvalue weighted by atomic mass is 35.5. The first-order valence-corrected chi connectivity index (χ1v) is 6.78. The number of halogens is 1. The van der Waals surface area contributed by atoms with Crippen LogP contribution in [0.3, 0.4) is 0 Å². The Hall–Kier alpha value is -0.850. The van der Waals surface area contributed by atoms with Crippen molar-refractivity contribution in [3.8, 4) is 0 Å². The third kappa shape index (κ3) is 6.54. The fraction of sp³-hybridized carbons (Fsp3) is 0.846. The lowest BCUT2D eigenvalue weighted by Crippen LogP contribution is -2.45. The molecule has 118 valence electrons. The monoisotopic (exact) mass is 307 g/mol. The van der Waals surface area contributed by atoms with Gasteiger partial charge >= 0.3 is 5.97 Å². The van der Waals surface area contributed by atoms with Crippen LogP contribution in [-0.2, 0) is 9.59 Å². The summed E-state index contributed by atoms with van der Waals surface area (Å²) in [5.74, 6) is -1.04. The van der Waals surface area contributed by atoms with Gasteiger partial charge in [0.1, 0.15) is 6.54 Å². The number of rotatable bonds is 7. The molecule has 1 amide bonds. The Bertz CT molecular complexity index is 326. The second-order valence-electron chi connectivity index (χ2n) is 5.47. The Kier molecular flexibility index (Phi) is 8.76. The molecule has 1 saturated heterocycles. The third-order valence-corrected chi connectivity index (χ3v) is 3.52. The number of likely N-dealkylation sites (N-methyl/N-ethyl adjacent to an activating group) is 1. The van der Waals surface area contributed by atoms with Crippen LogP contribution >= 0.6 is 12.4 Å². The fourth-order valence-corrected chi connectivity index (χ4v) is 2.28.